The third kappa shape index (κ3) is 1.52. The lowest BCUT2D eigenvalue weighted by Gasteiger charge is -2.06. The number of methoxy groups -OCH3 is 1. The molecule has 0 bridgehead atoms. The maximum Gasteiger partial charge on any atom is 0.203 e. The topological polar surface area (TPSA) is 9.23 Å². The van der Waals surface area contributed by atoms with E-state index in [2.05, 4.69) is 11.3 Å². The van der Waals surface area contributed by atoms with Crippen molar-refractivity contribution in [2.24, 2.45) is 0 Å². The van der Waals surface area contributed by atoms with Crippen LogP contribution in [0.15, 0.2) is 12.6 Å². The van der Waals surface area contributed by atoms with Crippen LogP contribution in [0.1, 0.15) is 5.56 Å². The Morgan fingerprint density at radius 3 is 2.38 bits per heavy atom. The lowest BCUT2D eigenvalue weighted by Crippen LogP contribution is -1.98. The van der Waals surface area contributed by atoms with Crippen LogP contribution in [-0.2, 0) is 0 Å². The lowest BCUT2D eigenvalue weighted by molar-refractivity contribution is 0.346. The minimum atomic E-state index is -1.33. The minimum Gasteiger partial charge on any atom is -0.491 e. The van der Waals surface area contributed by atoms with Gasteiger partial charge in [0.05, 0.1) is 7.11 Å². The van der Waals surface area contributed by atoms with Crippen LogP contribution >= 0.6 is 0 Å². The van der Waals surface area contributed by atoms with E-state index in [1.54, 1.807) is 0 Å². The van der Waals surface area contributed by atoms with Gasteiger partial charge in [0, 0.05) is 5.56 Å². The van der Waals surface area contributed by atoms with Crippen LogP contribution in [0, 0.1) is 17.5 Å². The fourth-order valence-electron chi connectivity index (χ4n) is 0.927. The van der Waals surface area contributed by atoms with Gasteiger partial charge in [-0.2, -0.15) is 4.39 Å². The van der Waals surface area contributed by atoms with Gasteiger partial charge in [0.15, 0.2) is 17.4 Å². The normalized spacial score (nSPS) is 9.85. The largest absolute Gasteiger partial charge is 0.491 e. The van der Waals surface area contributed by atoms with Crippen molar-refractivity contribution in [2.75, 3.05) is 7.11 Å². The molecule has 1 aromatic carbocycles. The van der Waals surface area contributed by atoms with Gasteiger partial charge in [0.2, 0.25) is 5.82 Å². The molecule has 0 spiro atoms. The van der Waals surface area contributed by atoms with E-state index in [-0.39, 0.29) is 5.56 Å². The molecule has 0 aliphatic rings. The number of ether oxygens (including phenoxy) is 1. The van der Waals surface area contributed by atoms with Gasteiger partial charge in [-0.05, 0) is 6.07 Å². The fourth-order valence-corrected chi connectivity index (χ4v) is 0.927. The molecule has 0 aliphatic heterocycles. The van der Waals surface area contributed by atoms with Gasteiger partial charge in [-0.1, -0.05) is 12.7 Å². The second-order valence-electron chi connectivity index (χ2n) is 2.31. The molecule has 0 aromatic heterocycles. The van der Waals surface area contributed by atoms with E-state index >= 15 is 0 Å². The van der Waals surface area contributed by atoms with Crippen molar-refractivity contribution in [1.82, 2.24) is 0 Å². The average molecular weight is 188 g/mol. The van der Waals surface area contributed by atoms with Crippen molar-refractivity contribution in [3.05, 3.63) is 35.7 Å². The van der Waals surface area contributed by atoms with E-state index in [0.29, 0.717) is 0 Å². The number of hydrogen-bond donors (Lipinski definition) is 0. The summed E-state index contributed by atoms with van der Waals surface area (Å²) in [4.78, 5) is 0. The molecule has 0 fully saturated rings. The highest BCUT2D eigenvalue weighted by atomic mass is 19.2. The van der Waals surface area contributed by atoms with Crippen LogP contribution in [0.3, 0.4) is 0 Å². The van der Waals surface area contributed by atoms with E-state index in [9.17, 15) is 13.2 Å². The fraction of sp³-hybridized carbons (Fsp3) is 0.111. The number of hydrogen-bond acceptors (Lipinski definition) is 1. The first-order valence-electron chi connectivity index (χ1n) is 3.45. The molecule has 0 atom stereocenters. The van der Waals surface area contributed by atoms with Crippen LogP contribution in [0.5, 0.6) is 5.75 Å². The van der Waals surface area contributed by atoms with Gasteiger partial charge >= 0.3 is 0 Å². The molecular weight excluding hydrogens is 181 g/mol. The van der Waals surface area contributed by atoms with Crippen molar-refractivity contribution >= 4 is 6.08 Å². The maximum absolute atomic E-state index is 13.1. The summed E-state index contributed by atoms with van der Waals surface area (Å²) in [5.74, 6) is -4.16. The van der Waals surface area contributed by atoms with Crippen molar-refractivity contribution in [1.29, 1.82) is 0 Å². The molecule has 1 nitrogen and oxygen atoms in total. The minimum absolute atomic E-state index is 0.129. The molecule has 0 heterocycles. The number of rotatable bonds is 2. The molecule has 0 radical (unpaired) electrons. The van der Waals surface area contributed by atoms with Crippen LogP contribution in [-0.4, -0.2) is 7.11 Å². The Kier molecular flexibility index (Phi) is 2.60. The van der Waals surface area contributed by atoms with Crippen molar-refractivity contribution in [3.63, 3.8) is 0 Å². The van der Waals surface area contributed by atoms with Crippen molar-refractivity contribution < 1.29 is 17.9 Å². The zero-order valence-corrected chi connectivity index (χ0v) is 6.90. The Bertz CT molecular complexity index is 347. The standard InChI is InChI=1S/C9H7F3O/c1-3-5-4-6(10)8(12)9(13-2)7(5)11/h3-4H,1H2,2H3. The van der Waals surface area contributed by atoms with E-state index in [0.717, 1.165) is 19.3 Å². The predicted octanol–water partition coefficient (Wildman–Crippen LogP) is 2.76. The lowest BCUT2D eigenvalue weighted by atomic mass is 10.2. The molecule has 4 heteroatoms. The first kappa shape index (κ1) is 9.64. The van der Waals surface area contributed by atoms with Gasteiger partial charge in [0.25, 0.3) is 0 Å². The molecule has 1 aromatic rings. The van der Waals surface area contributed by atoms with Gasteiger partial charge < -0.3 is 4.74 Å². The summed E-state index contributed by atoms with van der Waals surface area (Å²) in [6, 6.07) is 0.722. The Labute approximate surface area is 73.4 Å². The highest BCUT2D eigenvalue weighted by Crippen LogP contribution is 2.27. The summed E-state index contributed by atoms with van der Waals surface area (Å²) in [5.41, 5.74) is -0.129. The Balaban J connectivity index is 3.47. The zero-order chi connectivity index (χ0) is 10.0. The smallest absolute Gasteiger partial charge is 0.203 e. The summed E-state index contributed by atoms with van der Waals surface area (Å²) in [6.07, 6.45) is 1.08. The van der Waals surface area contributed by atoms with E-state index in [1.165, 1.54) is 0 Å². The van der Waals surface area contributed by atoms with Crippen LogP contribution in [0.25, 0.3) is 6.08 Å². The summed E-state index contributed by atoms with van der Waals surface area (Å²) >= 11 is 0. The second kappa shape index (κ2) is 3.51. The first-order valence-corrected chi connectivity index (χ1v) is 3.45. The Hall–Kier alpha value is -1.45. The van der Waals surface area contributed by atoms with Crippen molar-refractivity contribution in [3.8, 4) is 5.75 Å². The SMILES string of the molecule is C=Cc1cc(F)c(F)c(OC)c1F. The Morgan fingerprint density at radius 1 is 1.31 bits per heavy atom. The monoisotopic (exact) mass is 188 g/mol. The average Bonchev–Trinajstić information content (AvgIpc) is 2.12. The van der Waals surface area contributed by atoms with Crippen LogP contribution in [0.2, 0.25) is 0 Å². The predicted molar refractivity (Wildman–Crippen MR) is 43.0 cm³/mol. The number of benzene rings is 1. The second-order valence-corrected chi connectivity index (χ2v) is 2.31. The molecule has 1 rings (SSSR count). The third-order valence-electron chi connectivity index (χ3n) is 1.57. The van der Waals surface area contributed by atoms with Gasteiger partial charge in [-0.15, -0.1) is 0 Å². The van der Waals surface area contributed by atoms with E-state index in [4.69, 9.17) is 0 Å². The molecule has 0 amide bonds. The van der Waals surface area contributed by atoms with Gasteiger partial charge in [-0.3, -0.25) is 0 Å². The van der Waals surface area contributed by atoms with Crippen LogP contribution in [0.4, 0.5) is 13.2 Å². The van der Waals surface area contributed by atoms with Crippen molar-refractivity contribution in [2.45, 2.75) is 0 Å². The third-order valence-corrected chi connectivity index (χ3v) is 1.57. The Morgan fingerprint density at radius 2 is 1.92 bits per heavy atom. The molecule has 70 valence electrons. The highest BCUT2D eigenvalue weighted by molar-refractivity contribution is 5.51. The van der Waals surface area contributed by atoms with E-state index in [1.807, 2.05) is 0 Å². The highest BCUT2D eigenvalue weighted by Gasteiger charge is 2.17. The van der Waals surface area contributed by atoms with Gasteiger partial charge in [0.1, 0.15) is 0 Å². The molecule has 0 saturated heterocycles. The quantitative estimate of drug-likeness (QED) is 0.648. The first-order chi connectivity index (χ1) is 6.11. The molecule has 0 unspecified atom stereocenters. The van der Waals surface area contributed by atoms with Gasteiger partial charge in [-0.25, -0.2) is 8.78 Å². The zero-order valence-electron chi connectivity index (χ0n) is 6.90. The summed E-state index contributed by atoms with van der Waals surface area (Å²) in [5, 5.41) is 0. The molecule has 0 saturated carbocycles. The summed E-state index contributed by atoms with van der Waals surface area (Å²) in [7, 11) is 1.06. The molecule has 0 aliphatic carbocycles. The summed E-state index contributed by atoms with van der Waals surface area (Å²) in [6.45, 7) is 3.25. The molecule has 0 N–H and O–H groups in total. The molecular formula is C9H7F3O. The van der Waals surface area contributed by atoms with Crippen LogP contribution < -0.4 is 4.74 Å². The van der Waals surface area contributed by atoms with E-state index < -0.39 is 23.2 Å². The summed E-state index contributed by atoms with van der Waals surface area (Å²) < 4.78 is 43.0. The molecule has 13 heavy (non-hydrogen) atoms. The maximum atomic E-state index is 13.1. The number of halogens is 3.